The second-order valence-electron chi connectivity index (χ2n) is 6.33. The highest BCUT2D eigenvalue weighted by atomic mass is 35.5. The summed E-state index contributed by atoms with van der Waals surface area (Å²) < 4.78 is 0. The van der Waals surface area contributed by atoms with Gasteiger partial charge in [-0.05, 0) is 42.0 Å². The fourth-order valence-electron chi connectivity index (χ4n) is 2.94. The van der Waals surface area contributed by atoms with E-state index < -0.39 is 0 Å². The summed E-state index contributed by atoms with van der Waals surface area (Å²) in [6, 6.07) is 23.8. The normalized spacial score (nSPS) is 11.1. The van der Waals surface area contributed by atoms with Gasteiger partial charge in [0.1, 0.15) is 0 Å². The van der Waals surface area contributed by atoms with Crippen LogP contribution < -0.4 is 5.43 Å². The van der Waals surface area contributed by atoms with Crippen LogP contribution in [0.2, 0.25) is 10.0 Å². The maximum absolute atomic E-state index is 12.9. The minimum atomic E-state index is -0.322. The summed E-state index contributed by atoms with van der Waals surface area (Å²) in [5.74, 6) is -0.322. The first-order valence-electron chi connectivity index (χ1n) is 8.85. The van der Waals surface area contributed by atoms with Gasteiger partial charge in [-0.15, -0.1) is 0 Å². The average molecular weight is 420 g/mol. The minimum absolute atomic E-state index is 0.322. The third-order valence-electron chi connectivity index (χ3n) is 4.33. The van der Waals surface area contributed by atoms with Crippen molar-refractivity contribution in [1.82, 2.24) is 10.4 Å². The number of aromatic nitrogens is 1. The number of nitrogens with one attached hydrogen (secondary N) is 1. The van der Waals surface area contributed by atoms with Gasteiger partial charge in [0, 0.05) is 21.0 Å². The molecule has 6 heteroatoms. The molecule has 0 aliphatic heterocycles. The Bertz CT molecular complexity index is 1220. The van der Waals surface area contributed by atoms with E-state index in [1.807, 2.05) is 48.5 Å². The smallest absolute Gasteiger partial charge is 0.267 e. The largest absolute Gasteiger partial charge is 0.272 e. The van der Waals surface area contributed by atoms with Crippen molar-refractivity contribution < 1.29 is 4.79 Å². The second-order valence-corrected chi connectivity index (χ2v) is 7.21. The molecule has 1 heterocycles. The van der Waals surface area contributed by atoms with E-state index in [-0.39, 0.29) is 5.91 Å². The van der Waals surface area contributed by atoms with Crippen LogP contribution in [0.25, 0.3) is 22.2 Å². The second kappa shape index (κ2) is 8.43. The van der Waals surface area contributed by atoms with E-state index in [1.165, 1.54) is 0 Å². The van der Waals surface area contributed by atoms with E-state index in [1.54, 1.807) is 36.5 Å². The van der Waals surface area contributed by atoms with Crippen LogP contribution in [0, 0.1) is 0 Å². The van der Waals surface area contributed by atoms with Gasteiger partial charge in [-0.25, -0.2) is 10.4 Å². The fourth-order valence-corrected chi connectivity index (χ4v) is 3.27. The molecule has 4 aromatic rings. The Hall–Kier alpha value is -3.21. The van der Waals surface area contributed by atoms with E-state index in [2.05, 4.69) is 15.5 Å². The predicted octanol–water partition coefficient (Wildman–Crippen LogP) is 5.97. The molecule has 1 aromatic heterocycles. The number of fused-ring (bicyclic) bond motifs is 1. The molecule has 3 aromatic carbocycles. The SMILES string of the molecule is O=C(NN=Cc1cccc(Cl)c1)c1cc(-c2ccc(Cl)cc2)nc2ccccc12. The molecular weight excluding hydrogens is 405 g/mol. The number of hydrogen-bond acceptors (Lipinski definition) is 3. The summed E-state index contributed by atoms with van der Waals surface area (Å²) >= 11 is 12.0. The highest BCUT2D eigenvalue weighted by molar-refractivity contribution is 6.31. The lowest BCUT2D eigenvalue weighted by molar-refractivity contribution is 0.0957. The molecule has 0 aliphatic carbocycles. The van der Waals surface area contributed by atoms with Gasteiger partial charge in [0.2, 0.25) is 0 Å². The molecule has 0 radical (unpaired) electrons. The van der Waals surface area contributed by atoms with Gasteiger partial charge in [0.05, 0.1) is 23.0 Å². The number of hydrazone groups is 1. The highest BCUT2D eigenvalue weighted by Crippen LogP contribution is 2.26. The minimum Gasteiger partial charge on any atom is -0.267 e. The molecule has 0 unspecified atom stereocenters. The fraction of sp³-hybridized carbons (Fsp3) is 0. The van der Waals surface area contributed by atoms with Gasteiger partial charge in [0.25, 0.3) is 5.91 Å². The molecule has 0 fully saturated rings. The van der Waals surface area contributed by atoms with E-state index in [9.17, 15) is 4.79 Å². The molecule has 4 nitrogen and oxygen atoms in total. The number of amides is 1. The number of hydrogen-bond donors (Lipinski definition) is 1. The Labute approximate surface area is 177 Å². The number of carbonyl (C=O) groups excluding carboxylic acids is 1. The monoisotopic (exact) mass is 419 g/mol. The molecule has 0 bridgehead atoms. The van der Waals surface area contributed by atoms with Crippen molar-refractivity contribution in [2.75, 3.05) is 0 Å². The quantitative estimate of drug-likeness (QED) is 0.327. The van der Waals surface area contributed by atoms with E-state index >= 15 is 0 Å². The number of rotatable bonds is 4. The molecule has 0 atom stereocenters. The van der Waals surface area contributed by atoms with Crippen LogP contribution in [0.3, 0.4) is 0 Å². The molecule has 1 amide bonds. The van der Waals surface area contributed by atoms with Gasteiger partial charge in [-0.2, -0.15) is 5.10 Å². The molecular formula is C23H15Cl2N3O. The number of carbonyl (C=O) groups is 1. The number of nitrogens with zero attached hydrogens (tertiary/aromatic N) is 2. The van der Waals surface area contributed by atoms with Crippen LogP contribution in [0.5, 0.6) is 0 Å². The summed E-state index contributed by atoms with van der Waals surface area (Å²) in [7, 11) is 0. The lowest BCUT2D eigenvalue weighted by atomic mass is 10.0. The molecule has 0 spiro atoms. The van der Waals surface area contributed by atoms with Crippen molar-refractivity contribution in [3.8, 4) is 11.3 Å². The molecule has 0 aliphatic rings. The zero-order chi connectivity index (χ0) is 20.2. The van der Waals surface area contributed by atoms with Crippen LogP contribution in [-0.2, 0) is 0 Å². The van der Waals surface area contributed by atoms with Crippen LogP contribution in [0.1, 0.15) is 15.9 Å². The lowest BCUT2D eigenvalue weighted by Gasteiger charge is -2.09. The Morgan fingerprint density at radius 1 is 0.897 bits per heavy atom. The van der Waals surface area contributed by atoms with Crippen LogP contribution >= 0.6 is 23.2 Å². The first kappa shape index (κ1) is 19.1. The topological polar surface area (TPSA) is 54.4 Å². The lowest BCUT2D eigenvalue weighted by Crippen LogP contribution is -2.18. The summed E-state index contributed by atoms with van der Waals surface area (Å²) in [5, 5.41) is 6.06. The zero-order valence-electron chi connectivity index (χ0n) is 15.1. The van der Waals surface area contributed by atoms with E-state index in [4.69, 9.17) is 23.2 Å². The van der Waals surface area contributed by atoms with Crippen LogP contribution in [0.4, 0.5) is 0 Å². The Morgan fingerprint density at radius 2 is 1.69 bits per heavy atom. The van der Waals surface area contributed by atoms with Crippen molar-refractivity contribution in [3.63, 3.8) is 0 Å². The zero-order valence-corrected chi connectivity index (χ0v) is 16.7. The molecule has 0 saturated carbocycles. The average Bonchev–Trinajstić information content (AvgIpc) is 2.73. The third kappa shape index (κ3) is 4.45. The van der Waals surface area contributed by atoms with Gasteiger partial charge in [-0.3, -0.25) is 4.79 Å². The predicted molar refractivity (Wildman–Crippen MR) is 119 cm³/mol. The molecule has 29 heavy (non-hydrogen) atoms. The Kier molecular flexibility index (Phi) is 5.56. The summed E-state index contributed by atoms with van der Waals surface area (Å²) in [6.07, 6.45) is 1.55. The first-order chi connectivity index (χ1) is 14.1. The van der Waals surface area contributed by atoms with E-state index in [0.29, 0.717) is 21.3 Å². The number of halogens is 2. The van der Waals surface area contributed by atoms with E-state index in [0.717, 1.165) is 22.0 Å². The molecule has 0 saturated heterocycles. The Morgan fingerprint density at radius 3 is 2.48 bits per heavy atom. The molecule has 1 N–H and O–H groups in total. The number of para-hydroxylation sites is 1. The number of benzene rings is 3. The first-order valence-corrected chi connectivity index (χ1v) is 9.60. The standard InChI is InChI=1S/C23H15Cl2N3O/c24-17-10-8-16(9-11-17)22-13-20(19-6-1-2-7-21(19)27-22)23(29)28-26-14-15-4-3-5-18(25)12-15/h1-14H,(H,28,29). The maximum atomic E-state index is 12.9. The maximum Gasteiger partial charge on any atom is 0.272 e. The third-order valence-corrected chi connectivity index (χ3v) is 4.82. The van der Waals surface area contributed by atoms with Crippen LogP contribution in [0.15, 0.2) is 84.0 Å². The number of pyridine rings is 1. The van der Waals surface area contributed by atoms with Crippen molar-refractivity contribution in [1.29, 1.82) is 0 Å². The van der Waals surface area contributed by atoms with Crippen molar-refractivity contribution in [2.45, 2.75) is 0 Å². The van der Waals surface area contributed by atoms with Gasteiger partial charge in [0.15, 0.2) is 0 Å². The van der Waals surface area contributed by atoms with Gasteiger partial charge >= 0.3 is 0 Å². The highest BCUT2D eigenvalue weighted by Gasteiger charge is 2.13. The van der Waals surface area contributed by atoms with Crippen molar-refractivity contribution in [2.24, 2.45) is 5.10 Å². The molecule has 142 valence electrons. The van der Waals surface area contributed by atoms with Gasteiger partial charge in [-0.1, -0.05) is 65.7 Å². The summed E-state index contributed by atoms with van der Waals surface area (Å²) in [5.41, 5.74) is 6.15. The molecule has 4 rings (SSSR count). The Balaban J connectivity index is 1.68. The van der Waals surface area contributed by atoms with Crippen molar-refractivity contribution >= 4 is 46.2 Å². The van der Waals surface area contributed by atoms with Crippen molar-refractivity contribution in [3.05, 3.63) is 100 Å². The van der Waals surface area contributed by atoms with Gasteiger partial charge < -0.3 is 0 Å². The van der Waals surface area contributed by atoms with Crippen LogP contribution in [-0.4, -0.2) is 17.1 Å². The summed E-state index contributed by atoms with van der Waals surface area (Å²) in [4.78, 5) is 17.5. The summed E-state index contributed by atoms with van der Waals surface area (Å²) in [6.45, 7) is 0.